The van der Waals surface area contributed by atoms with Crippen molar-refractivity contribution in [2.75, 3.05) is 13.2 Å². The van der Waals surface area contributed by atoms with Crippen LogP contribution in [0.1, 0.15) is 239 Å². The highest BCUT2D eigenvalue weighted by Crippen LogP contribution is 2.36. The van der Waals surface area contributed by atoms with E-state index in [2.05, 4.69) is 18.4 Å². The molecule has 1 unspecified atom stereocenters. The molecule has 1 atom stereocenters. The molecular weight excluding hydrogens is 663 g/mol. The first-order valence-corrected chi connectivity index (χ1v) is 23.4. The van der Waals surface area contributed by atoms with Gasteiger partial charge in [-0.1, -0.05) is 213 Å². The lowest BCUT2D eigenvalue weighted by Crippen LogP contribution is -2.29. The van der Waals surface area contributed by atoms with Crippen LogP contribution in [-0.4, -0.2) is 41.0 Å². The average molecular weight is 747 g/mol. The van der Waals surface area contributed by atoms with Gasteiger partial charge in [0, 0.05) is 12.8 Å². The fourth-order valence-electron chi connectivity index (χ4n) is 6.61. The van der Waals surface area contributed by atoms with Crippen LogP contribution < -0.4 is 0 Å². The van der Waals surface area contributed by atoms with Crippen LogP contribution in [0.4, 0.5) is 0 Å². The van der Waals surface area contributed by atoms with Gasteiger partial charge in [-0.25, -0.2) is 4.57 Å². The zero-order valence-corrected chi connectivity index (χ0v) is 34.4. The van der Waals surface area contributed by atoms with Crippen LogP contribution in [0, 0.1) is 0 Å². The molecule has 0 spiro atoms. The van der Waals surface area contributed by atoms with Gasteiger partial charge in [0.05, 0.1) is 6.61 Å². The molecule has 0 fully saturated rings. The Morgan fingerprint density at radius 3 is 1.00 bits per heavy atom. The minimum Gasteiger partial charge on any atom is -0.462 e. The van der Waals surface area contributed by atoms with Crippen molar-refractivity contribution in [3.05, 3.63) is 0 Å². The molecule has 0 saturated heterocycles. The maximum atomic E-state index is 12.4. The van der Waals surface area contributed by atoms with Crippen molar-refractivity contribution in [2.45, 2.75) is 245 Å². The first-order valence-electron chi connectivity index (χ1n) is 21.8. The minimum absolute atomic E-state index is 0.220. The summed E-state index contributed by atoms with van der Waals surface area (Å²) < 4.78 is 26.4. The molecule has 0 aromatic rings. The number of unbranched alkanes of at least 4 members (excludes halogenated alkanes) is 31. The van der Waals surface area contributed by atoms with Gasteiger partial charge < -0.3 is 19.3 Å². The minimum atomic E-state index is -4.74. The second-order valence-corrected chi connectivity index (χ2v) is 16.3. The summed E-state index contributed by atoms with van der Waals surface area (Å²) >= 11 is 0. The largest absolute Gasteiger partial charge is 0.469 e. The highest BCUT2D eigenvalue weighted by atomic mass is 31.2. The van der Waals surface area contributed by atoms with E-state index in [1.807, 2.05) is 0 Å². The van der Waals surface area contributed by atoms with E-state index in [1.165, 1.54) is 173 Å². The van der Waals surface area contributed by atoms with Gasteiger partial charge in [0.2, 0.25) is 0 Å². The molecule has 2 N–H and O–H groups in total. The molecular formula is C42H83O8P. The topological polar surface area (TPSA) is 119 Å². The maximum absolute atomic E-state index is 12.4. The zero-order valence-electron chi connectivity index (χ0n) is 33.5. The van der Waals surface area contributed by atoms with E-state index in [9.17, 15) is 14.2 Å². The third kappa shape index (κ3) is 41.7. The van der Waals surface area contributed by atoms with Crippen LogP contribution in [0.5, 0.6) is 0 Å². The molecule has 0 aliphatic rings. The van der Waals surface area contributed by atoms with E-state index >= 15 is 0 Å². The number of ether oxygens (including phenoxy) is 2. The van der Waals surface area contributed by atoms with Gasteiger partial charge in [0.25, 0.3) is 0 Å². The van der Waals surface area contributed by atoms with Gasteiger partial charge in [-0.15, -0.1) is 0 Å². The van der Waals surface area contributed by atoms with Crippen LogP contribution in [0.3, 0.4) is 0 Å². The first kappa shape index (κ1) is 50.1. The fraction of sp³-hybridized carbons (Fsp3) is 0.952. The molecule has 0 aliphatic heterocycles. The van der Waals surface area contributed by atoms with Crippen molar-refractivity contribution < 1.29 is 37.9 Å². The molecule has 304 valence electrons. The second-order valence-electron chi connectivity index (χ2n) is 15.0. The molecule has 0 bridgehead atoms. The Hall–Kier alpha value is -0.950. The summed E-state index contributed by atoms with van der Waals surface area (Å²) in [5.41, 5.74) is 0. The van der Waals surface area contributed by atoms with Gasteiger partial charge in [-0.2, -0.15) is 0 Å². The number of carbonyl (C=O) groups excluding carboxylic acids is 2. The summed E-state index contributed by atoms with van der Waals surface area (Å²) in [7, 11) is -4.74. The molecule has 0 saturated carbocycles. The van der Waals surface area contributed by atoms with Crippen LogP contribution >= 0.6 is 7.82 Å². The van der Waals surface area contributed by atoms with Gasteiger partial charge in [0.15, 0.2) is 6.10 Å². The lowest BCUT2D eigenvalue weighted by atomic mass is 10.0. The average Bonchev–Trinajstić information content (AvgIpc) is 3.10. The number of rotatable bonds is 41. The van der Waals surface area contributed by atoms with Crippen LogP contribution in [0.2, 0.25) is 0 Å². The Kier molecular flexibility index (Phi) is 38.0. The van der Waals surface area contributed by atoms with Gasteiger partial charge in [-0.3, -0.25) is 14.1 Å². The Labute approximate surface area is 315 Å². The predicted molar refractivity (Wildman–Crippen MR) is 212 cm³/mol. The fourth-order valence-corrected chi connectivity index (χ4v) is 6.97. The Morgan fingerprint density at radius 1 is 0.431 bits per heavy atom. The summed E-state index contributed by atoms with van der Waals surface area (Å²) in [4.78, 5) is 42.8. The molecule has 0 amide bonds. The van der Waals surface area contributed by atoms with E-state index in [0.29, 0.717) is 6.42 Å². The first-order chi connectivity index (χ1) is 24.8. The third-order valence-corrected chi connectivity index (χ3v) is 10.4. The van der Waals surface area contributed by atoms with Crippen molar-refractivity contribution in [3.8, 4) is 0 Å². The molecule has 0 aromatic heterocycles. The number of hydrogen-bond donors (Lipinski definition) is 2. The van der Waals surface area contributed by atoms with Gasteiger partial charge in [0.1, 0.15) is 6.61 Å². The molecule has 0 radical (unpaired) electrons. The number of carbonyl (C=O) groups is 2. The number of hydrogen-bond acceptors (Lipinski definition) is 6. The van der Waals surface area contributed by atoms with Crippen LogP contribution in [0.15, 0.2) is 0 Å². The highest BCUT2D eigenvalue weighted by molar-refractivity contribution is 7.46. The van der Waals surface area contributed by atoms with Crippen LogP contribution in [-0.2, 0) is 28.2 Å². The molecule has 0 rings (SSSR count). The molecule has 0 aliphatic carbocycles. The van der Waals surface area contributed by atoms with Crippen molar-refractivity contribution >= 4 is 19.8 Å². The summed E-state index contributed by atoms with van der Waals surface area (Å²) in [6.45, 7) is 3.71. The Balaban J connectivity index is 3.78. The van der Waals surface area contributed by atoms with E-state index in [0.717, 1.165) is 32.1 Å². The third-order valence-electron chi connectivity index (χ3n) is 9.88. The predicted octanol–water partition coefficient (Wildman–Crippen LogP) is 13.2. The number of esters is 2. The monoisotopic (exact) mass is 747 g/mol. The van der Waals surface area contributed by atoms with Gasteiger partial charge in [-0.05, 0) is 12.8 Å². The second kappa shape index (κ2) is 38.8. The number of phosphoric acid groups is 1. The van der Waals surface area contributed by atoms with Gasteiger partial charge >= 0.3 is 19.8 Å². The van der Waals surface area contributed by atoms with Crippen molar-refractivity contribution in [1.82, 2.24) is 0 Å². The summed E-state index contributed by atoms with van der Waals surface area (Å²) in [5, 5.41) is 0. The van der Waals surface area contributed by atoms with E-state index in [-0.39, 0.29) is 19.4 Å². The molecule has 9 heteroatoms. The van der Waals surface area contributed by atoms with E-state index in [1.54, 1.807) is 0 Å². The molecule has 0 heterocycles. The van der Waals surface area contributed by atoms with Crippen molar-refractivity contribution in [3.63, 3.8) is 0 Å². The van der Waals surface area contributed by atoms with Crippen molar-refractivity contribution in [1.29, 1.82) is 0 Å². The Morgan fingerprint density at radius 2 is 0.706 bits per heavy atom. The maximum Gasteiger partial charge on any atom is 0.469 e. The molecule has 8 nitrogen and oxygen atoms in total. The van der Waals surface area contributed by atoms with Crippen LogP contribution in [0.25, 0.3) is 0 Å². The quantitative estimate of drug-likeness (QED) is 0.0360. The van der Waals surface area contributed by atoms with E-state index in [4.69, 9.17) is 19.3 Å². The standard InChI is InChI=1S/C42H83O8P/c1-3-5-7-9-11-13-15-16-17-18-19-20-21-22-23-24-25-27-29-31-33-35-37-42(44)50-40(39-49-51(45,46)47)38-48-41(43)36-34-32-30-28-26-14-12-10-8-6-4-2/h40H,3-39H2,1-2H3,(H2,45,46,47). The Bertz CT molecular complexity index is 802. The summed E-state index contributed by atoms with van der Waals surface area (Å²) in [6.07, 6.45) is 41.2. The molecule has 51 heavy (non-hydrogen) atoms. The zero-order chi connectivity index (χ0) is 37.5. The lowest BCUT2D eigenvalue weighted by Gasteiger charge is -2.18. The summed E-state index contributed by atoms with van der Waals surface area (Å²) in [5.74, 6) is -0.869. The lowest BCUT2D eigenvalue weighted by molar-refractivity contribution is -0.161. The number of phosphoric ester groups is 1. The van der Waals surface area contributed by atoms with Crippen molar-refractivity contribution in [2.24, 2.45) is 0 Å². The van der Waals surface area contributed by atoms with E-state index < -0.39 is 32.5 Å². The highest BCUT2D eigenvalue weighted by Gasteiger charge is 2.23. The molecule has 0 aromatic carbocycles. The smallest absolute Gasteiger partial charge is 0.462 e. The normalized spacial score (nSPS) is 12.3. The SMILES string of the molecule is CCCCCCCCCCCCCCCCCCCCCCCCC(=O)OC(COC(=O)CCCCCCCCCCCCC)COP(=O)(O)O. The summed E-state index contributed by atoms with van der Waals surface area (Å²) in [6, 6.07) is 0.